The molecular formula is C18H24N2O5S3. The van der Waals surface area contributed by atoms with E-state index in [9.17, 15) is 21.6 Å². The first kappa shape index (κ1) is 22.5. The molecule has 7 nitrogen and oxygen atoms in total. The Balaban J connectivity index is 2.31. The molecule has 2 aromatic rings. The lowest BCUT2D eigenvalue weighted by Crippen LogP contribution is -2.44. The fourth-order valence-electron chi connectivity index (χ4n) is 2.21. The van der Waals surface area contributed by atoms with Gasteiger partial charge in [-0.15, -0.1) is 11.3 Å². The maximum atomic E-state index is 13.0. The van der Waals surface area contributed by atoms with Crippen molar-refractivity contribution in [3.05, 3.63) is 35.3 Å². The third kappa shape index (κ3) is 4.44. The van der Waals surface area contributed by atoms with Crippen LogP contribution in [0.3, 0.4) is 0 Å². The zero-order valence-corrected chi connectivity index (χ0v) is 19.0. The summed E-state index contributed by atoms with van der Waals surface area (Å²) >= 11 is 1.23. The van der Waals surface area contributed by atoms with Crippen LogP contribution >= 0.6 is 11.3 Å². The summed E-state index contributed by atoms with van der Waals surface area (Å²) in [5, 5.41) is 4.72. The number of thiazole rings is 1. The van der Waals surface area contributed by atoms with Crippen molar-refractivity contribution < 1.29 is 21.6 Å². The van der Waals surface area contributed by atoms with Gasteiger partial charge in [-0.3, -0.25) is 4.79 Å². The average Bonchev–Trinajstić information content (AvgIpc) is 3.02. The number of rotatable bonds is 5. The number of sulfone groups is 2. The highest BCUT2D eigenvalue weighted by Crippen LogP contribution is 2.30. The van der Waals surface area contributed by atoms with Gasteiger partial charge < -0.3 is 5.32 Å². The highest BCUT2D eigenvalue weighted by molar-refractivity contribution is 7.93. The zero-order chi connectivity index (χ0) is 21.5. The largest absolute Gasteiger partial charge is 0.301 e. The van der Waals surface area contributed by atoms with E-state index in [4.69, 9.17) is 0 Å². The van der Waals surface area contributed by atoms with E-state index in [1.807, 2.05) is 26.2 Å². The summed E-state index contributed by atoms with van der Waals surface area (Å²) < 4.78 is 47.3. The number of nitrogens with one attached hydrogen (secondary N) is 1. The lowest BCUT2D eigenvalue weighted by Gasteiger charge is -2.23. The molecule has 1 amide bonds. The van der Waals surface area contributed by atoms with Crippen LogP contribution in [-0.4, -0.2) is 38.7 Å². The van der Waals surface area contributed by atoms with Gasteiger partial charge in [0.05, 0.1) is 15.5 Å². The van der Waals surface area contributed by atoms with Crippen LogP contribution in [0, 0.1) is 0 Å². The topological polar surface area (TPSA) is 110 Å². The zero-order valence-electron chi connectivity index (χ0n) is 16.6. The Morgan fingerprint density at radius 1 is 0.964 bits per heavy atom. The van der Waals surface area contributed by atoms with Crippen LogP contribution in [0.5, 0.6) is 0 Å². The molecule has 0 aliphatic heterocycles. The molecule has 0 spiro atoms. The monoisotopic (exact) mass is 444 g/mol. The highest BCUT2D eigenvalue weighted by atomic mass is 32.2. The van der Waals surface area contributed by atoms with Gasteiger partial charge in [-0.1, -0.05) is 20.8 Å². The molecule has 0 aliphatic rings. The van der Waals surface area contributed by atoms with Crippen molar-refractivity contribution in [2.45, 2.75) is 54.6 Å². The number of hydrogen-bond donors (Lipinski definition) is 1. The fourth-order valence-corrected chi connectivity index (χ4v) is 5.15. The molecule has 0 aliphatic carbocycles. The van der Waals surface area contributed by atoms with Gasteiger partial charge >= 0.3 is 0 Å². The van der Waals surface area contributed by atoms with E-state index >= 15 is 0 Å². The standard InChI is InChI=1S/C18H24N2O5S3/c1-17(2,3)14-11-26-16(19-14)20-15(21)18(4,5)28(24,25)13-9-7-12(8-10-13)27(6,22)23/h7-11H,1-6H3,(H,19,20,21). The van der Waals surface area contributed by atoms with Crippen LogP contribution in [-0.2, 0) is 29.9 Å². The summed E-state index contributed by atoms with van der Waals surface area (Å²) in [7, 11) is -7.52. The van der Waals surface area contributed by atoms with Gasteiger partial charge in [0.2, 0.25) is 5.91 Å². The summed E-state index contributed by atoms with van der Waals surface area (Å²) in [6.45, 7) is 8.58. The van der Waals surface area contributed by atoms with E-state index in [0.717, 1.165) is 11.9 Å². The van der Waals surface area contributed by atoms with Crippen LogP contribution in [0.4, 0.5) is 5.13 Å². The van der Waals surface area contributed by atoms with Crippen LogP contribution in [0.15, 0.2) is 39.4 Å². The van der Waals surface area contributed by atoms with E-state index in [1.165, 1.54) is 49.4 Å². The normalized spacial score (nSPS) is 13.4. The van der Waals surface area contributed by atoms with Crippen molar-refractivity contribution in [1.29, 1.82) is 0 Å². The Kier molecular flexibility index (Phi) is 5.82. The first-order valence-corrected chi connectivity index (χ1v) is 12.6. The number of nitrogens with zero attached hydrogens (tertiary/aromatic N) is 1. The summed E-state index contributed by atoms with van der Waals surface area (Å²) in [6.07, 6.45) is 1.04. The number of aromatic nitrogens is 1. The van der Waals surface area contributed by atoms with Crippen molar-refractivity contribution in [2.24, 2.45) is 0 Å². The maximum absolute atomic E-state index is 13.0. The van der Waals surface area contributed by atoms with Crippen molar-refractivity contribution in [2.75, 3.05) is 11.6 Å². The molecule has 2 rings (SSSR count). The molecule has 0 radical (unpaired) electrons. The molecule has 0 unspecified atom stereocenters. The molecule has 28 heavy (non-hydrogen) atoms. The third-order valence-corrected chi connectivity index (χ3v) is 8.58. The molecule has 10 heteroatoms. The third-order valence-electron chi connectivity index (χ3n) is 4.27. The molecule has 154 valence electrons. The Morgan fingerprint density at radius 3 is 1.89 bits per heavy atom. The van der Waals surface area contributed by atoms with E-state index in [0.29, 0.717) is 5.13 Å². The fraction of sp³-hybridized carbons (Fsp3) is 0.444. The van der Waals surface area contributed by atoms with Crippen LogP contribution in [0.1, 0.15) is 40.3 Å². The van der Waals surface area contributed by atoms with Gasteiger partial charge in [-0.2, -0.15) is 0 Å². The minimum Gasteiger partial charge on any atom is -0.301 e. The molecular weight excluding hydrogens is 420 g/mol. The predicted molar refractivity (Wildman–Crippen MR) is 110 cm³/mol. The number of carbonyl (C=O) groups excluding carboxylic acids is 1. The quantitative estimate of drug-likeness (QED) is 0.759. The maximum Gasteiger partial charge on any atom is 0.247 e. The van der Waals surface area contributed by atoms with Gasteiger partial charge in [-0.25, -0.2) is 21.8 Å². The first-order chi connectivity index (χ1) is 12.6. The highest BCUT2D eigenvalue weighted by Gasteiger charge is 2.43. The van der Waals surface area contributed by atoms with Gasteiger partial charge in [0, 0.05) is 17.1 Å². The van der Waals surface area contributed by atoms with Crippen LogP contribution < -0.4 is 5.32 Å². The van der Waals surface area contributed by atoms with Gasteiger partial charge in [0.1, 0.15) is 4.75 Å². The Hall–Kier alpha value is -1.78. The van der Waals surface area contributed by atoms with Crippen molar-refractivity contribution in [3.8, 4) is 0 Å². The number of amides is 1. The summed E-state index contributed by atoms with van der Waals surface area (Å²) in [5.41, 5.74) is 0.604. The van der Waals surface area contributed by atoms with Crippen molar-refractivity contribution in [1.82, 2.24) is 4.98 Å². The number of anilines is 1. The molecule has 0 saturated carbocycles. The minimum atomic E-state index is -4.07. The van der Waals surface area contributed by atoms with E-state index < -0.39 is 30.3 Å². The number of hydrogen-bond acceptors (Lipinski definition) is 7. The Labute approximate surface area is 170 Å². The van der Waals surface area contributed by atoms with Crippen LogP contribution in [0.2, 0.25) is 0 Å². The lowest BCUT2D eigenvalue weighted by molar-refractivity contribution is -0.117. The molecule has 1 aromatic carbocycles. The predicted octanol–water partition coefficient (Wildman–Crippen LogP) is 3.04. The second-order valence-corrected chi connectivity index (χ2v) is 13.4. The minimum absolute atomic E-state index is 0.00574. The molecule has 0 saturated heterocycles. The van der Waals surface area contributed by atoms with E-state index in [1.54, 1.807) is 0 Å². The van der Waals surface area contributed by atoms with E-state index in [-0.39, 0.29) is 15.2 Å². The summed E-state index contributed by atoms with van der Waals surface area (Å²) in [5.74, 6) is -0.713. The first-order valence-electron chi connectivity index (χ1n) is 8.39. The van der Waals surface area contributed by atoms with Gasteiger partial charge in [-0.05, 0) is 38.1 Å². The molecule has 1 aromatic heterocycles. The SMILES string of the molecule is CC(C)(C)c1csc(NC(=O)C(C)(C)S(=O)(=O)c2ccc(S(C)(=O)=O)cc2)n1. The average molecular weight is 445 g/mol. The molecule has 1 N–H and O–H groups in total. The summed E-state index contributed by atoms with van der Waals surface area (Å²) in [6, 6.07) is 4.82. The molecule has 0 bridgehead atoms. The number of benzene rings is 1. The van der Waals surface area contributed by atoms with Gasteiger partial charge in [0.15, 0.2) is 24.8 Å². The Bertz CT molecular complexity index is 1090. The summed E-state index contributed by atoms with van der Waals surface area (Å²) in [4.78, 5) is 16.9. The van der Waals surface area contributed by atoms with Crippen molar-refractivity contribution in [3.63, 3.8) is 0 Å². The second-order valence-electron chi connectivity index (χ2n) is 8.00. The number of carbonyl (C=O) groups is 1. The molecule has 0 atom stereocenters. The van der Waals surface area contributed by atoms with E-state index in [2.05, 4.69) is 10.3 Å². The molecule has 1 heterocycles. The second kappa shape index (κ2) is 7.23. The lowest BCUT2D eigenvalue weighted by atomic mass is 9.93. The van der Waals surface area contributed by atoms with Crippen molar-refractivity contribution >= 4 is 42.1 Å². The van der Waals surface area contributed by atoms with Gasteiger partial charge in [0.25, 0.3) is 0 Å². The molecule has 0 fully saturated rings. The Morgan fingerprint density at radius 2 is 1.46 bits per heavy atom. The smallest absolute Gasteiger partial charge is 0.247 e. The van der Waals surface area contributed by atoms with Crippen LogP contribution in [0.25, 0.3) is 0 Å².